The maximum absolute atomic E-state index is 13.1. The van der Waals surface area contributed by atoms with Crippen molar-refractivity contribution in [2.45, 2.75) is 32.7 Å². The van der Waals surface area contributed by atoms with Crippen molar-refractivity contribution in [2.24, 2.45) is 5.41 Å². The predicted octanol–water partition coefficient (Wildman–Crippen LogP) is 5.01. The molecular weight excluding hydrogens is 354 g/mol. The number of allylic oxidation sites excluding steroid dienone is 1. The zero-order valence-electron chi connectivity index (χ0n) is 15.4. The lowest BCUT2D eigenvalue weighted by Gasteiger charge is -2.29. The fourth-order valence-electron chi connectivity index (χ4n) is 4.16. The maximum atomic E-state index is 13.1. The lowest BCUT2D eigenvalue weighted by molar-refractivity contribution is -0.118. The first kappa shape index (κ1) is 16.5. The molecule has 0 saturated carbocycles. The van der Waals surface area contributed by atoms with Crippen molar-refractivity contribution in [1.82, 2.24) is 10.4 Å². The van der Waals surface area contributed by atoms with E-state index in [0.29, 0.717) is 6.42 Å². The lowest BCUT2D eigenvalue weighted by Crippen LogP contribution is -2.34. The number of nitrogens with zero attached hydrogens (tertiary/aromatic N) is 2. The number of benzene rings is 2. The molecule has 0 unspecified atom stereocenters. The van der Waals surface area contributed by atoms with Crippen LogP contribution in [0.25, 0.3) is 10.2 Å². The van der Waals surface area contributed by atoms with Crippen LogP contribution in [0.5, 0.6) is 0 Å². The summed E-state index contributed by atoms with van der Waals surface area (Å²) in [5.74, 6) is 0.242. The number of thiazole rings is 1. The molecular formula is C22H21N3OS. The Morgan fingerprint density at radius 3 is 2.59 bits per heavy atom. The van der Waals surface area contributed by atoms with Crippen LogP contribution in [0.2, 0.25) is 0 Å². The second-order valence-corrected chi connectivity index (χ2v) is 9.10. The van der Waals surface area contributed by atoms with Crippen LogP contribution in [0.1, 0.15) is 38.3 Å². The van der Waals surface area contributed by atoms with Crippen LogP contribution in [0, 0.1) is 5.41 Å². The average Bonchev–Trinajstić information content (AvgIpc) is 3.22. The summed E-state index contributed by atoms with van der Waals surface area (Å²) in [6.07, 6.45) is 1.46. The Balaban J connectivity index is 1.64. The number of carbonyl (C=O) groups excluding carboxylic acids is 1. The van der Waals surface area contributed by atoms with E-state index >= 15 is 0 Å². The van der Waals surface area contributed by atoms with Crippen LogP contribution < -0.4 is 10.4 Å². The van der Waals surface area contributed by atoms with Gasteiger partial charge in [0.1, 0.15) is 6.04 Å². The molecule has 2 aromatic carbocycles. The Morgan fingerprint density at radius 2 is 1.81 bits per heavy atom. The molecule has 2 aliphatic rings. The highest BCUT2D eigenvalue weighted by Gasteiger charge is 2.44. The van der Waals surface area contributed by atoms with Crippen molar-refractivity contribution >= 4 is 32.5 Å². The quantitative estimate of drug-likeness (QED) is 0.684. The molecule has 4 nitrogen and oxygen atoms in total. The zero-order valence-corrected chi connectivity index (χ0v) is 16.2. The first-order valence-electron chi connectivity index (χ1n) is 9.24. The van der Waals surface area contributed by atoms with Crippen molar-refractivity contribution in [3.05, 3.63) is 71.4 Å². The Kier molecular flexibility index (Phi) is 3.62. The van der Waals surface area contributed by atoms with E-state index in [-0.39, 0.29) is 17.2 Å². The smallest absolute Gasteiger partial charge is 0.206 e. The second kappa shape index (κ2) is 5.92. The van der Waals surface area contributed by atoms with Crippen LogP contribution in [0.4, 0.5) is 5.13 Å². The third kappa shape index (κ3) is 2.73. The van der Waals surface area contributed by atoms with Crippen molar-refractivity contribution in [3.63, 3.8) is 0 Å². The molecule has 0 fully saturated rings. The summed E-state index contributed by atoms with van der Waals surface area (Å²) in [5.41, 5.74) is 7.57. The van der Waals surface area contributed by atoms with Gasteiger partial charge in [0.25, 0.3) is 0 Å². The summed E-state index contributed by atoms with van der Waals surface area (Å²) >= 11 is 1.65. The topological polar surface area (TPSA) is 45.2 Å². The first-order chi connectivity index (χ1) is 13.0. The summed E-state index contributed by atoms with van der Waals surface area (Å²) in [6, 6.07) is 18.3. The van der Waals surface area contributed by atoms with Crippen molar-refractivity contribution in [1.29, 1.82) is 0 Å². The molecule has 5 rings (SSSR count). The van der Waals surface area contributed by atoms with E-state index in [2.05, 4.69) is 42.5 Å². The number of carbonyl (C=O) groups is 1. The molecule has 1 N–H and O–H groups in total. The van der Waals surface area contributed by atoms with Crippen LogP contribution >= 0.6 is 11.3 Å². The number of anilines is 1. The van der Waals surface area contributed by atoms with Gasteiger partial charge in [-0.05, 0) is 29.5 Å². The van der Waals surface area contributed by atoms with E-state index in [0.717, 1.165) is 38.6 Å². The normalized spacial score (nSPS) is 21.5. The van der Waals surface area contributed by atoms with Crippen molar-refractivity contribution < 1.29 is 4.79 Å². The van der Waals surface area contributed by atoms with E-state index in [1.165, 1.54) is 0 Å². The van der Waals surface area contributed by atoms with Crippen LogP contribution in [-0.4, -0.2) is 10.8 Å². The molecule has 0 spiro atoms. The van der Waals surface area contributed by atoms with Gasteiger partial charge in [0.15, 0.2) is 5.78 Å². The van der Waals surface area contributed by atoms with E-state index < -0.39 is 0 Å². The number of hydrazine groups is 1. The molecule has 2 heterocycles. The maximum Gasteiger partial charge on any atom is 0.206 e. The van der Waals surface area contributed by atoms with E-state index in [1.807, 2.05) is 36.4 Å². The summed E-state index contributed by atoms with van der Waals surface area (Å²) in [5, 5.41) is 2.98. The highest BCUT2D eigenvalue weighted by Crippen LogP contribution is 2.47. The standard InChI is InChI=1S/C22H21N3OS/c1-22(2)12-16-19(17(26)13-22)20(14-8-4-3-5-9-14)25(24-16)21-23-15-10-6-7-11-18(15)27-21/h3-11,20,24H,12-13H2,1-2H3/t20-/m1/s1. The van der Waals surface area contributed by atoms with Gasteiger partial charge < -0.3 is 0 Å². The summed E-state index contributed by atoms with van der Waals surface area (Å²) < 4.78 is 1.15. The third-order valence-corrected chi connectivity index (χ3v) is 6.35. The predicted molar refractivity (Wildman–Crippen MR) is 109 cm³/mol. The third-order valence-electron chi connectivity index (χ3n) is 5.31. The fourth-order valence-corrected chi connectivity index (χ4v) is 5.12. The lowest BCUT2D eigenvalue weighted by atomic mass is 9.74. The van der Waals surface area contributed by atoms with Crippen LogP contribution in [-0.2, 0) is 4.79 Å². The average molecular weight is 375 g/mol. The number of rotatable bonds is 2. The SMILES string of the molecule is CC1(C)CC(=O)C2=C(C1)NN(c1nc3ccccc3s1)[C@@H]2c1ccccc1. The number of ketones is 1. The largest absolute Gasteiger partial charge is 0.299 e. The molecule has 1 aromatic heterocycles. The number of Topliss-reactive ketones (excluding diaryl/α,β-unsaturated/α-hetero) is 1. The number of hydrogen-bond acceptors (Lipinski definition) is 5. The van der Waals surface area contributed by atoms with Gasteiger partial charge in [-0.25, -0.2) is 9.99 Å². The van der Waals surface area contributed by atoms with Gasteiger partial charge in [0.2, 0.25) is 5.13 Å². The second-order valence-electron chi connectivity index (χ2n) is 8.09. The zero-order chi connectivity index (χ0) is 18.6. The van der Waals surface area contributed by atoms with Gasteiger partial charge in [-0.1, -0.05) is 67.6 Å². The molecule has 1 aliphatic carbocycles. The van der Waals surface area contributed by atoms with E-state index in [9.17, 15) is 4.79 Å². The molecule has 136 valence electrons. The summed E-state index contributed by atoms with van der Waals surface area (Å²) in [6.45, 7) is 4.32. The molecule has 3 aromatic rings. The number of hydrogen-bond donors (Lipinski definition) is 1. The highest BCUT2D eigenvalue weighted by molar-refractivity contribution is 7.22. The van der Waals surface area contributed by atoms with Gasteiger partial charge in [-0.2, -0.15) is 0 Å². The molecule has 27 heavy (non-hydrogen) atoms. The Bertz CT molecular complexity index is 1030. The Morgan fingerprint density at radius 1 is 1.07 bits per heavy atom. The highest BCUT2D eigenvalue weighted by atomic mass is 32.1. The van der Waals surface area contributed by atoms with Gasteiger partial charge >= 0.3 is 0 Å². The molecule has 1 aliphatic heterocycles. The number of fused-ring (bicyclic) bond motifs is 1. The van der Waals surface area contributed by atoms with E-state index in [1.54, 1.807) is 11.3 Å². The molecule has 0 bridgehead atoms. The van der Waals surface area contributed by atoms with Gasteiger partial charge in [-0.15, -0.1) is 0 Å². The molecule has 5 heteroatoms. The monoisotopic (exact) mass is 375 g/mol. The van der Waals surface area contributed by atoms with Gasteiger partial charge in [0, 0.05) is 17.7 Å². The molecule has 1 atom stereocenters. The summed E-state index contributed by atoms with van der Waals surface area (Å²) in [7, 11) is 0. The molecule has 0 radical (unpaired) electrons. The van der Waals surface area contributed by atoms with Gasteiger partial charge in [0.05, 0.1) is 10.2 Å². The number of aromatic nitrogens is 1. The molecule has 0 amide bonds. The van der Waals surface area contributed by atoms with Crippen molar-refractivity contribution in [3.8, 4) is 0 Å². The minimum Gasteiger partial charge on any atom is -0.299 e. The van der Waals surface area contributed by atoms with Gasteiger partial charge in [-0.3, -0.25) is 10.2 Å². The van der Waals surface area contributed by atoms with Crippen LogP contribution in [0.15, 0.2) is 65.9 Å². The Labute approximate surface area is 162 Å². The van der Waals surface area contributed by atoms with Crippen molar-refractivity contribution in [2.75, 3.05) is 5.01 Å². The van der Waals surface area contributed by atoms with Crippen LogP contribution in [0.3, 0.4) is 0 Å². The fraction of sp³-hybridized carbons (Fsp3) is 0.273. The summed E-state index contributed by atoms with van der Waals surface area (Å²) in [4.78, 5) is 17.9. The molecule has 0 saturated heterocycles. The minimum atomic E-state index is -0.134. The Hall–Kier alpha value is -2.66. The van der Waals surface area contributed by atoms with E-state index in [4.69, 9.17) is 4.98 Å². The number of para-hydroxylation sites is 1. The first-order valence-corrected chi connectivity index (χ1v) is 10.1. The number of nitrogens with one attached hydrogen (secondary N) is 1. The minimum absolute atomic E-state index is 0.0201.